The monoisotopic (exact) mass is 419 g/mol. The van der Waals surface area contributed by atoms with E-state index in [0.29, 0.717) is 31.1 Å². The van der Waals surface area contributed by atoms with Gasteiger partial charge in [0.1, 0.15) is 0 Å². The molecule has 5 aliphatic rings. The van der Waals surface area contributed by atoms with Gasteiger partial charge in [-0.2, -0.15) is 10.1 Å². The summed E-state index contributed by atoms with van der Waals surface area (Å²) in [4.78, 5) is 19.6. The van der Waals surface area contributed by atoms with Crippen LogP contribution in [-0.4, -0.2) is 57.0 Å². The minimum atomic E-state index is 0.0214. The number of amides is 1. The highest BCUT2D eigenvalue weighted by molar-refractivity contribution is 5.86. The molecule has 160 valence electrons. The molecule has 8 rings (SSSR count). The molecule has 31 heavy (non-hydrogen) atoms. The number of ether oxygens (including phenoxy) is 1. The van der Waals surface area contributed by atoms with Gasteiger partial charge in [0.15, 0.2) is 5.82 Å². The molecular weight excluding hydrogens is 394 g/mol. The molecule has 0 unspecified atom stereocenters. The first-order valence-electron chi connectivity index (χ1n) is 11.4. The Hall–Kier alpha value is -2.74. The van der Waals surface area contributed by atoms with Gasteiger partial charge in [0.05, 0.1) is 36.4 Å². The predicted octanol–water partition coefficient (Wildman–Crippen LogP) is 3.16. The summed E-state index contributed by atoms with van der Waals surface area (Å²) in [6.45, 7) is 3.01. The quantitative estimate of drug-likeness (QED) is 0.646. The van der Waals surface area contributed by atoms with E-state index in [9.17, 15) is 4.79 Å². The van der Waals surface area contributed by atoms with Gasteiger partial charge < -0.3 is 14.2 Å². The van der Waals surface area contributed by atoms with E-state index in [1.54, 1.807) is 0 Å². The van der Waals surface area contributed by atoms with Crippen molar-refractivity contribution in [3.05, 3.63) is 30.2 Å². The van der Waals surface area contributed by atoms with Crippen LogP contribution in [0.2, 0.25) is 0 Å². The van der Waals surface area contributed by atoms with Gasteiger partial charge in [0, 0.05) is 30.0 Å². The normalized spacial score (nSPS) is 28.3. The Balaban J connectivity index is 1.07. The largest absolute Gasteiger partial charge is 0.377 e. The maximum atomic E-state index is 12.8. The molecule has 2 aliphatic heterocycles. The van der Waals surface area contributed by atoms with Crippen LogP contribution in [0.25, 0.3) is 22.4 Å². The minimum Gasteiger partial charge on any atom is -0.377 e. The number of benzene rings is 1. The van der Waals surface area contributed by atoms with Crippen molar-refractivity contribution >= 4 is 16.8 Å². The third-order valence-electron chi connectivity index (χ3n) is 7.89. The lowest BCUT2D eigenvalue weighted by Crippen LogP contribution is -2.61. The average molecular weight is 419 g/mol. The summed E-state index contributed by atoms with van der Waals surface area (Å²) in [5, 5.41) is 9.90. The van der Waals surface area contributed by atoms with Gasteiger partial charge in [-0.05, 0) is 50.2 Å². The van der Waals surface area contributed by atoms with Gasteiger partial charge in [-0.15, -0.1) is 0 Å². The van der Waals surface area contributed by atoms with E-state index in [4.69, 9.17) is 14.2 Å². The zero-order valence-electron chi connectivity index (χ0n) is 17.4. The van der Waals surface area contributed by atoms with Gasteiger partial charge in [-0.3, -0.25) is 9.48 Å². The number of carbonyl (C=O) groups excluding carboxylic acids is 1. The lowest BCUT2D eigenvalue weighted by atomic mass is 9.44. The molecule has 1 aromatic carbocycles. The van der Waals surface area contributed by atoms with E-state index in [1.165, 1.54) is 0 Å². The molecule has 0 atom stereocenters. The summed E-state index contributed by atoms with van der Waals surface area (Å²) < 4.78 is 13.0. The van der Waals surface area contributed by atoms with Crippen LogP contribution < -0.4 is 0 Å². The first kappa shape index (κ1) is 17.9. The Kier molecular flexibility index (Phi) is 3.69. The highest BCUT2D eigenvalue weighted by Gasteiger charge is 2.62. The number of aromatic nitrogens is 4. The first-order valence-corrected chi connectivity index (χ1v) is 11.4. The number of fused-ring (bicyclic) bond motifs is 1. The summed E-state index contributed by atoms with van der Waals surface area (Å²) in [5.74, 6) is 2.77. The standard InChI is InChI=1S/C23H25N5O3/c29-22(23-8-14(9-23)10-23)27-5-3-15(4-6-27)20-25-21(31-26-20)16-1-2-17-11-24-28(19(17)7-16)18-12-30-13-18/h1-2,7,11,14-15,18H,3-6,8-10,12-13H2. The number of hydrogen-bond donors (Lipinski definition) is 0. The Bertz CT molecular complexity index is 1150. The van der Waals surface area contributed by atoms with E-state index in [1.807, 2.05) is 23.0 Å². The van der Waals surface area contributed by atoms with Crippen molar-refractivity contribution in [2.75, 3.05) is 26.3 Å². The Labute approximate surface area is 179 Å². The Morgan fingerprint density at radius 3 is 2.61 bits per heavy atom. The SMILES string of the molecule is O=C(N1CCC(c2noc(-c3ccc4cnn(C5COC5)c4c3)n2)CC1)C12CC(C1)C2. The summed E-state index contributed by atoms with van der Waals surface area (Å²) in [6.07, 6.45) is 7.05. The van der Waals surface area contributed by atoms with Crippen LogP contribution in [-0.2, 0) is 9.53 Å². The van der Waals surface area contributed by atoms with Gasteiger partial charge in [0.2, 0.25) is 5.91 Å². The highest BCUT2D eigenvalue weighted by atomic mass is 16.5. The molecule has 3 aliphatic carbocycles. The number of piperidine rings is 1. The van der Waals surface area contributed by atoms with Crippen molar-refractivity contribution in [2.24, 2.45) is 11.3 Å². The molecule has 0 spiro atoms. The van der Waals surface area contributed by atoms with Crippen molar-refractivity contribution < 1.29 is 14.1 Å². The molecule has 4 heterocycles. The third-order valence-corrected chi connectivity index (χ3v) is 7.89. The number of nitrogens with zero attached hydrogens (tertiary/aromatic N) is 5. The summed E-state index contributed by atoms with van der Waals surface area (Å²) >= 11 is 0. The first-order chi connectivity index (χ1) is 15.2. The predicted molar refractivity (Wildman–Crippen MR) is 111 cm³/mol. The van der Waals surface area contributed by atoms with E-state index in [-0.39, 0.29) is 11.3 Å². The molecule has 8 heteroatoms. The molecule has 0 radical (unpaired) electrons. The highest BCUT2D eigenvalue weighted by Crippen LogP contribution is 2.65. The molecule has 2 saturated heterocycles. The van der Waals surface area contributed by atoms with Crippen LogP contribution in [0.4, 0.5) is 0 Å². The van der Waals surface area contributed by atoms with Gasteiger partial charge >= 0.3 is 0 Å². The molecular formula is C23H25N5O3. The van der Waals surface area contributed by atoms with Crippen LogP contribution in [0.3, 0.4) is 0 Å². The molecule has 1 amide bonds. The Morgan fingerprint density at radius 2 is 1.94 bits per heavy atom. The Morgan fingerprint density at radius 1 is 1.13 bits per heavy atom. The summed E-state index contributed by atoms with van der Waals surface area (Å²) in [6, 6.07) is 6.42. The third kappa shape index (κ3) is 2.63. The molecule has 8 nitrogen and oxygen atoms in total. The summed E-state index contributed by atoms with van der Waals surface area (Å²) in [7, 11) is 0. The maximum Gasteiger partial charge on any atom is 0.258 e. The lowest BCUT2D eigenvalue weighted by Gasteiger charge is -2.61. The zero-order chi connectivity index (χ0) is 20.6. The second-order valence-electron chi connectivity index (χ2n) is 9.84. The van der Waals surface area contributed by atoms with Crippen molar-refractivity contribution in [2.45, 2.75) is 44.1 Å². The summed E-state index contributed by atoms with van der Waals surface area (Å²) in [5.41, 5.74) is 1.99. The van der Waals surface area contributed by atoms with Crippen molar-refractivity contribution in [1.29, 1.82) is 0 Å². The lowest BCUT2D eigenvalue weighted by molar-refractivity contribution is -0.177. The van der Waals surface area contributed by atoms with E-state index >= 15 is 0 Å². The van der Waals surface area contributed by atoms with E-state index in [2.05, 4.69) is 21.2 Å². The number of hydrogen-bond acceptors (Lipinski definition) is 6. The number of carbonyl (C=O) groups is 1. The van der Waals surface area contributed by atoms with Crippen molar-refractivity contribution in [1.82, 2.24) is 24.8 Å². The molecule has 2 aromatic heterocycles. The average Bonchev–Trinajstić information content (AvgIpc) is 3.32. The van der Waals surface area contributed by atoms with Crippen molar-refractivity contribution in [3.63, 3.8) is 0 Å². The maximum absolute atomic E-state index is 12.8. The van der Waals surface area contributed by atoms with Crippen molar-refractivity contribution in [3.8, 4) is 11.5 Å². The number of likely N-dealkylation sites (tertiary alicyclic amines) is 1. The zero-order valence-corrected chi connectivity index (χ0v) is 17.4. The fourth-order valence-electron chi connectivity index (χ4n) is 5.76. The molecule has 2 bridgehead atoms. The minimum absolute atomic E-state index is 0.0214. The second kappa shape index (κ2) is 6.38. The smallest absolute Gasteiger partial charge is 0.258 e. The van der Waals surface area contributed by atoms with Crippen LogP contribution in [0, 0.1) is 11.3 Å². The van der Waals surface area contributed by atoms with Crippen LogP contribution in [0.5, 0.6) is 0 Å². The van der Waals surface area contributed by atoms with E-state index < -0.39 is 0 Å². The van der Waals surface area contributed by atoms with Gasteiger partial charge in [0.25, 0.3) is 5.89 Å². The molecule has 5 fully saturated rings. The number of rotatable bonds is 4. The molecule has 3 aromatic rings. The molecule has 0 N–H and O–H groups in total. The van der Waals surface area contributed by atoms with Crippen LogP contribution >= 0.6 is 0 Å². The van der Waals surface area contributed by atoms with Gasteiger partial charge in [-0.1, -0.05) is 11.2 Å². The second-order valence-corrected chi connectivity index (χ2v) is 9.84. The fourth-order valence-corrected chi connectivity index (χ4v) is 5.76. The van der Waals surface area contributed by atoms with Crippen LogP contribution in [0.1, 0.15) is 49.9 Å². The van der Waals surface area contributed by atoms with E-state index in [0.717, 1.165) is 73.4 Å². The molecule has 3 saturated carbocycles. The topological polar surface area (TPSA) is 86.3 Å². The fraction of sp³-hybridized carbons (Fsp3) is 0.565. The van der Waals surface area contributed by atoms with Crippen LogP contribution in [0.15, 0.2) is 28.9 Å². The van der Waals surface area contributed by atoms with Gasteiger partial charge in [-0.25, -0.2) is 0 Å².